The van der Waals surface area contributed by atoms with E-state index in [1.54, 1.807) is 0 Å². The molecule has 0 aliphatic heterocycles. The van der Waals surface area contributed by atoms with Crippen molar-refractivity contribution in [2.24, 2.45) is 0 Å². The van der Waals surface area contributed by atoms with Crippen molar-refractivity contribution in [1.82, 2.24) is 0 Å². The summed E-state index contributed by atoms with van der Waals surface area (Å²) in [5.74, 6) is 2.01. The molecule has 1 nitrogen and oxygen atoms in total. The van der Waals surface area contributed by atoms with Gasteiger partial charge >= 0.3 is 0 Å². The zero-order chi connectivity index (χ0) is 11.5. The van der Waals surface area contributed by atoms with Crippen LogP contribution in [0.5, 0.6) is 5.75 Å². The van der Waals surface area contributed by atoms with E-state index < -0.39 is 0 Å². The summed E-state index contributed by atoms with van der Waals surface area (Å²) < 4.78 is 5.86. The van der Waals surface area contributed by atoms with Crippen molar-refractivity contribution in [3.8, 4) is 5.75 Å². The van der Waals surface area contributed by atoms with Crippen molar-refractivity contribution >= 4 is 0 Å². The zero-order valence-electron chi connectivity index (χ0n) is 10.2. The highest BCUT2D eigenvalue weighted by Gasteiger charge is 2.06. The van der Waals surface area contributed by atoms with Gasteiger partial charge in [-0.2, -0.15) is 0 Å². The van der Waals surface area contributed by atoms with Gasteiger partial charge in [0, 0.05) is 6.42 Å². The van der Waals surface area contributed by atoms with Crippen LogP contribution >= 0.6 is 0 Å². The Labute approximate surface area is 97.4 Å². The van der Waals surface area contributed by atoms with Crippen molar-refractivity contribution in [1.29, 1.82) is 0 Å². The van der Waals surface area contributed by atoms with Crippen LogP contribution in [-0.2, 0) is 0 Å². The van der Waals surface area contributed by atoms with Gasteiger partial charge in [-0.3, -0.25) is 0 Å². The Bertz CT molecular complexity index is 453. The molecule has 0 aromatic heterocycles. The summed E-state index contributed by atoms with van der Waals surface area (Å²) in [6.45, 7) is 6.38. The second-order valence-corrected chi connectivity index (χ2v) is 4.49. The molecule has 2 rings (SSSR count). The SMILES string of the molecule is CC1=CC=C(Oc2ccc(C)c(C)c2)CC1. The van der Waals surface area contributed by atoms with E-state index in [4.69, 9.17) is 4.74 Å². The van der Waals surface area contributed by atoms with Gasteiger partial charge < -0.3 is 4.74 Å². The molecule has 0 N–H and O–H groups in total. The van der Waals surface area contributed by atoms with Gasteiger partial charge in [0.15, 0.2) is 0 Å². The molecule has 0 heterocycles. The molecular weight excluding hydrogens is 196 g/mol. The summed E-state index contributed by atoms with van der Waals surface area (Å²) in [6, 6.07) is 6.24. The van der Waals surface area contributed by atoms with Gasteiger partial charge in [0.1, 0.15) is 11.5 Å². The molecule has 0 saturated heterocycles. The Kier molecular flexibility index (Phi) is 3.14. The number of allylic oxidation sites excluding steroid dienone is 4. The molecule has 1 aromatic carbocycles. The van der Waals surface area contributed by atoms with E-state index in [2.05, 4.69) is 45.1 Å². The Morgan fingerprint density at radius 1 is 0.938 bits per heavy atom. The van der Waals surface area contributed by atoms with Gasteiger partial charge in [-0.25, -0.2) is 0 Å². The van der Waals surface area contributed by atoms with Crippen LogP contribution in [0.1, 0.15) is 30.9 Å². The predicted octanol–water partition coefficient (Wildman–Crippen LogP) is 4.31. The third kappa shape index (κ3) is 2.54. The summed E-state index contributed by atoms with van der Waals surface area (Å²) in [5.41, 5.74) is 4.01. The van der Waals surface area contributed by atoms with Crippen molar-refractivity contribution in [2.45, 2.75) is 33.6 Å². The van der Waals surface area contributed by atoms with Crippen LogP contribution in [0.4, 0.5) is 0 Å². The fraction of sp³-hybridized carbons (Fsp3) is 0.333. The zero-order valence-corrected chi connectivity index (χ0v) is 10.2. The van der Waals surface area contributed by atoms with Crippen molar-refractivity contribution in [3.05, 3.63) is 52.8 Å². The molecule has 0 amide bonds. The number of rotatable bonds is 2. The van der Waals surface area contributed by atoms with E-state index in [0.29, 0.717) is 0 Å². The normalized spacial score (nSPS) is 15.4. The summed E-state index contributed by atoms with van der Waals surface area (Å²) in [4.78, 5) is 0. The average molecular weight is 214 g/mol. The molecule has 0 radical (unpaired) electrons. The highest BCUT2D eigenvalue weighted by Crippen LogP contribution is 2.23. The fourth-order valence-electron chi connectivity index (χ4n) is 1.74. The van der Waals surface area contributed by atoms with Gasteiger partial charge in [0.05, 0.1) is 0 Å². The van der Waals surface area contributed by atoms with Gasteiger partial charge in [0.2, 0.25) is 0 Å². The van der Waals surface area contributed by atoms with E-state index in [0.717, 1.165) is 24.4 Å². The number of benzene rings is 1. The fourth-order valence-corrected chi connectivity index (χ4v) is 1.74. The van der Waals surface area contributed by atoms with Crippen LogP contribution in [-0.4, -0.2) is 0 Å². The number of hydrogen-bond acceptors (Lipinski definition) is 1. The minimum absolute atomic E-state index is 0.947. The van der Waals surface area contributed by atoms with Gasteiger partial charge in [-0.1, -0.05) is 17.7 Å². The molecule has 0 unspecified atom stereocenters. The van der Waals surface area contributed by atoms with Crippen molar-refractivity contribution < 1.29 is 4.74 Å². The minimum atomic E-state index is 0.947. The quantitative estimate of drug-likeness (QED) is 0.713. The lowest BCUT2D eigenvalue weighted by molar-refractivity contribution is 0.400. The third-order valence-corrected chi connectivity index (χ3v) is 3.05. The molecule has 0 atom stereocenters. The number of ether oxygens (including phenoxy) is 1. The molecule has 1 aliphatic rings. The Hall–Kier alpha value is -1.50. The van der Waals surface area contributed by atoms with Crippen molar-refractivity contribution in [2.75, 3.05) is 0 Å². The summed E-state index contributed by atoms with van der Waals surface area (Å²) >= 11 is 0. The first-order chi connectivity index (χ1) is 7.65. The van der Waals surface area contributed by atoms with Crippen LogP contribution < -0.4 is 4.74 Å². The Morgan fingerprint density at radius 2 is 1.75 bits per heavy atom. The topological polar surface area (TPSA) is 9.23 Å². The summed E-state index contributed by atoms with van der Waals surface area (Å²) in [7, 11) is 0. The van der Waals surface area contributed by atoms with Crippen molar-refractivity contribution in [3.63, 3.8) is 0 Å². The molecule has 1 aromatic rings. The minimum Gasteiger partial charge on any atom is -0.462 e. The highest BCUT2D eigenvalue weighted by molar-refractivity contribution is 5.35. The lowest BCUT2D eigenvalue weighted by atomic mass is 10.1. The molecule has 16 heavy (non-hydrogen) atoms. The van der Waals surface area contributed by atoms with E-state index in [1.165, 1.54) is 16.7 Å². The lowest BCUT2D eigenvalue weighted by Gasteiger charge is -2.14. The molecule has 0 fully saturated rings. The maximum atomic E-state index is 5.86. The first-order valence-corrected chi connectivity index (χ1v) is 5.76. The van der Waals surface area contributed by atoms with E-state index in [9.17, 15) is 0 Å². The second kappa shape index (κ2) is 4.56. The molecular formula is C15H18O. The molecule has 84 valence electrons. The molecule has 0 saturated carbocycles. The smallest absolute Gasteiger partial charge is 0.127 e. The standard InChI is InChI=1S/C15H18O/c1-11-4-7-14(8-5-11)16-15-9-6-12(2)13(3)10-15/h4,6-7,9-10H,5,8H2,1-3H3. The van der Waals surface area contributed by atoms with E-state index >= 15 is 0 Å². The first-order valence-electron chi connectivity index (χ1n) is 5.76. The summed E-state index contributed by atoms with van der Waals surface area (Å²) in [6.07, 6.45) is 6.33. The lowest BCUT2D eigenvalue weighted by Crippen LogP contribution is -1.99. The maximum absolute atomic E-state index is 5.86. The van der Waals surface area contributed by atoms with Crippen LogP contribution in [0.2, 0.25) is 0 Å². The Balaban J connectivity index is 2.12. The van der Waals surface area contributed by atoms with Crippen LogP contribution in [0, 0.1) is 13.8 Å². The largest absolute Gasteiger partial charge is 0.462 e. The maximum Gasteiger partial charge on any atom is 0.127 e. The predicted molar refractivity (Wildman–Crippen MR) is 67.6 cm³/mol. The number of aryl methyl sites for hydroxylation is 2. The molecule has 1 heteroatoms. The highest BCUT2D eigenvalue weighted by atomic mass is 16.5. The second-order valence-electron chi connectivity index (χ2n) is 4.49. The number of hydrogen-bond donors (Lipinski definition) is 0. The van der Waals surface area contributed by atoms with E-state index in [1.807, 2.05) is 6.07 Å². The van der Waals surface area contributed by atoms with E-state index in [-0.39, 0.29) is 0 Å². The monoisotopic (exact) mass is 214 g/mol. The van der Waals surface area contributed by atoms with Gasteiger partial charge in [-0.15, -0.1) is 0 Å². The van der Waals surface area contributed by atoms with Gasteiger partial charge in [-0.05, 0) is 56.5 Å². The first kappa shape index (κ1) is 11.0. The van der Waals surface area contributed by atoms with Crippen LogP contribution in [0.15, 0.2) is 41.7 Å². The summed E-state index contributed by atoms with van der Waals surface area (Å²) in [5, 5.41) is 0. The third-order valence-electron chi connectivity index (χ3n) is 3.05. The van der Waals surface area contributed by atoms with Crippen LogP contribution in [0.3, 0.4) is 0 Å². The van der Waals surface area contributed by atoms with Gasteiger partial charge in [0.25, 0.3) is 0 Å². The average Bonchev–Trinajstić information content (AvgIpc) is 2.27. The molecule has 0 spiro atoms. The van der Waals surface area contributed by atoms with Crippen LogP contribution in [0.25, 0.3) is 0 Å². The molecule has 1 aliphatic carbocycles. The molecule has 0 bridgehead atoms. The Morgan fingerprint density at radius 3 is 2.38 bits per heavy atom.